The van der Waals surface area contributed by atoms with Crippen molar-refractivity contribution in [3.8, 4) is 0 Å². The van der Waals surface area contributed by atoms with Gasteiger partial charge in [0, 0.05) is 37.7 Å². The molecule has 3 N–H and O–H groups in total. The van der Waals surface area contributed by atoms with Crippen molar-refractivity contribution < 1.29 is 9.50 Å². The largest absolute Gasteiger partial charge is 0.439 e. The van der Waals surface area contributed by atoms with E-state index in [0.29, 0.717) is 11.6 Å². The lowest BCUT2D eigenvalue weighted by molar-refractivity contribution is 0.154. The average Bonchev–Trinajstić information content (AvgIpc) is 3.24. The van der Waals surface area contributed by atoms with Crippen molar-refractivity contribution in [2.45, 2.75) is 18.9 Å². The van der Waals surface area contributed by atoms with Crippen LogP contribution in [0.25, 0.3) is 0 Å². The Morgan fingerprint density at radius 1 is 1.28 bits per heavy atom. The highest BCUT2D eigenvalue weighted by Gasteiger charge is 2.35. The molecular formula is C14H20FN2O+. The smallest absolute Gasteiger partial charge is 0.182 e. The van der Waals surface area contributed by atoms with Crippen LogP contribution in [0, 0.1) is 11.7 Å². The van der Waals surface area contributed by atoms with Crippen LogP contribution in [0.5, 0.6) is 0 Å². The molecule has 0 spiro atoms. The van der Waals surface area contributed by atoms with Gasteiger partial charge in [-0.15, -0.1) is 0 Å². The second-order valence-electron chi connectivity index (χ2n) is 5.26. The van der Waals surface area contributed by atoms with Gasteiger partial charge < -0.3 is 15.3 Å². The zero-order valence-corrected chi connectivity index (χ0v) is 10.5. The predicted octanol–water partition coefficient (Wildman–Crippen LogP) is 1.41. The number of anilines is 1. The molecule has 1 aliphatic carbocycles. The first-order valence-electron chi connectivity index (χ1n) is 6.72. The molecule has 2 fully saturated rings. The summed E-state index contributed by atoms with van der Waals surface area (Å²) in [6.45, 7) is 3.48. The van der Waals surface area contributed by atoms with E-state index in [0.717, 1.165) is 44.6 Å². The summed E-state index contributed by atoms with van der Waals surface area (Å²) in [4.78, 5) is 2.08. The van der Waals surface area contributed by atoms with Gasteiger partial charge in [0.2, 0.25) is 0 Å². The maximum Gasteiger partial charge on any atom is 0.182 e. The van der Waals surface area contributed by atoms with Gasteiger partial charge in [0.1, 0.15) is 5.82 Å². The molecule has 0 aromatic heterocycles. The Balaban J connectivity index is 1.84. The van der Waals surface area contributed by atoms with Crippen LogP contribution in [0.3, 0.4) is 0 Å². The third-order valence-electron chi connectivity index (χ3n) is 3.88. The summed E-state index contributed by atoms with van der Waals surface area (Å²) < 4.78 is 13.9. The minimum absolute atomic E-state index is 0.163. The van der Waals surface area contributed by atoms with Crippen LogP contribution in [-0.2, 0) is 0 Å². The summed E-state index contributed by atoms with van der Waals surface area (Å²) in [5, 5.41) is 11.4. The van der Waals surface area contributed by atoms with Gasteiger partial charge in [0.05, 0.1) is 5.69 Å². The lowest BCUT2D eigenvalue weighted by Crippen LogP contribution is -2.43. The third kappa shape index (κ3) is 2.35. The van der Waals surface area contributed by atoms with Crippen LogP contribution >= 0.6 is 0 Å². The first kappa shape index (κ1) is 11.9. The van der Waals surface area contributed by atoms with Gasteiger partial charge in [-0.05, 0) is 31.0 Å². The Bertz CT molecular complexity index is 428. The monoisotopic (exact) mass is 251 g/mol. The molecule has 18 heavy (non-hydrogen) atoms. The molecule has 1 saturated heterocycles. The van der Waals surface area contributed by atoms with Crippen LogP contribution in [-0.4, -0.2) is 31.3 Å². The Kier molecular flexibility index (Phi) is 3.22. The van der Waals surface area contributed by atoms with Crippen molar-refractivity contribution in [1.29, 1.82) is 0 Å². The molecule has 98 valence electrons. The zero-order chi connectivity index (χ0) is 12.5. The molecule has 1 atom stereocenters. The fourth-order valence-electron chi connectivity index (χ4n) is 2.57. The molecular weight excluding hydrogens is 231 g/mol. The minimum atomic E-state index is -0.174. The van der Waals surface area contributed by atoms with Crippen LogP contribution in [0.1, 0.15) is 24.5 Å². The number of rotatable bonds is 3. The summed E-state index contributed by atoms with van der Waals surface area (Å²) in [6.07, 6.45) is 2.12. The van der Waals surface area contributed by atoms with Gasteiger partial charge in [0.25, 0.3) is 0 Å². The fraction of sp³-hybridized carbons (Fsp3) is 0.571. The Morgan fingerprint density at radius 3 is 2.67 bits per heavy atom. The van der Waals surface area contributed by atoms with E-state index >= 15 is 0 Å². The molecule has 1 heterocycles. The molecule has 1 saturated carbocycles. The quantitative estimate of drug-likeness (QED) is 0.825. The number of hydrogen-bond acceptors (Lipinski definition) is 2. The number of nitrogens with zero attached hydrogens (tertiary/aromatic N) is 1. The van der Waals surface area contributed by atoms with Crippen LogP contribution in [0.15, 0.2) is 18.2 Å². The molecule has 1 unspecified atom stereocenters. The normalized spacial score (nSPS) is 22.0. The van der Waals surface area contributed by atoms with Crippen LogP contribution in [0.2, 0.25) is 0 Å². The van der Waals surface area contributed by atoms with Crippen molar-refractivity contribution >= 4 is 5.69 Å². The van der Waals surface area contributed by atoms with Gasteiger partial charge in [-0.1, -0.05) is 0 Å². The highest BCUT2D eigenvalue weighted by molar-refractivity contribution is 5.51. The maximum atomic E-state index is 13.9. The highest BCUT2D eigenvalue weighted by atomic mass is 19.1. The molecule has 3 rings (SSSR count). The second kappa shape index (κ2) is 4.86. The summed E-state index contributed by atoms with van der Waals surface area (Å²) in [5.74, 6) is 0.329. The molecule has 1 aliphatic heterocycles. The standard InChI is InChI=1S/C14H19FN2O/c15-12-4-3-11(14(18)10-1-2-10)9-13(12)17-7-5-16-6-8-17/h3-4,9-10,14,16,18H,1-2,5-8H2/p+1. The Labute approximate surface area is 107 Å². The lowest BCUT2D eigenvalue weighted by Gasteiger charge is -2.30. The molecule has 4 heteroatoms. The summed E-state index contributed by atoms with van der Waals surface area (Å²) in [7, 11) is 0. The Morgan fingerprint density at radius 2 is 2.00 bits per heavy atom. The average molecular weight is 251 g/mol. The van der Waals surface area contributed by atoms with Crippen LogP contribution in [0.4, 0.5) is 10.1 Å². The molecule has 3 nitrogen and oxygen atoms in total. The molecule has 1 aromatic carbocycles. The topological polar surface area (TPSA) is 38.2 Å². The van der Waals surface area contributed by atoms with Crippen molar-refractivity contribution in [3.05, 3.63) is 29.6 Å². The zero-order valence-electron chi connectivity index (χ0n) is 10.5. The van der Waals surface area contributed by atoms with Gasteiger partial charge in [-0.25, -0.2) is 4.39 Å². The van der Waals surface area contributed by atoms with E-state index in [-0.39, 0.29) is 11.9 Å². The van der Waals surface area contributed by atoms with E-state index in [9.17, 15) is 4.39 Å². The predicted molar refractivity (Wildman–Crippen MR) is 70.6 cm³/mol. The summed E-state index contributed by atoms with van der Waals surface area (Å²) >= 11 is 0. The molecule has 2 aliphatic rings. The number of piperazine rings is 1. The first-order valence-corrected chi connectivity index (χ1v) is 6.72. The number of halogens is 1. The van der Waals surface area contributed by atoms with E-state index < -0.39 is 0 Å². The van der Waals surface area contributed by atoms with Crippen molar-refractivity contribution in [2.75, 3.05) is 31.1 Å². The van der Waals surface area contributed by atoms with Crippen LogP contribution < -0.4 is 10.2 Å². The summed E-state index contributed by atoms with van der Waals surface area (Å²) in [5.41, 5.74) is 1.64. The van der Waals surface area contributed by atoms with E-state index in [1.165, 1.54) is 6.07 Å². The number of benzene rings is 1. The molecule has 1 aromatic rings. The van der Waals surface area contributed by atoms with Gasteiger partial charge in [-0.3, -0.25) is 0 Å². The maximum absolute atomic E-state index is 13.9. The van der Waals surface area contributed by atoms with Gasteiger partial charge in [0.15, 0.2) is 6.10 Å². The van der Waals surface area contributed by atoms with E-state index in [1.54, 1.807) is 6.07 Å². The molecule has 0 bridgehead atoms. The molecule has 0 amide bonds. The van der Waals surface area contributed by atoms with E-state index in [4.69, 9.17) is 5.11 Å². The number of nitrogens with one attached hydrogen (secondary N) is 1. The van der Waals surface area contributed by atoms with Crippen molar-refractivity contribution in [2.24, 2.45) is 5.92 Å². The van der Waals surface area contributed by atoms with Gasteiger partial charge in [-0.2, -0.15) is 0 Å². The van der Waals surface area contributed by atoms with E-state index in [1.807, 2.05) is 6.07 Å². The minimum Gasteiger partial charge on any atom is -0.439 e. The SMILES string of the molecule is [OH2+]C(c1ccc(F)c(N2CCNCC2)c1)C1CC1. The number of hydrogen-bond donors (Lipinski definition) is 1. The highest BCUT2D eigenvalue weighted by Crippen LogP contribution is 2.41. The summed E-state index contributed by atoms with van der Waals surface area (Å²) in [6, 6.07) is 5.18. The third-order valence-corrected chi connectivity index (χ3v) is 3.88. The first-order chi connectivity index (χ1) is 8.75. The Hall–Kier alpha value is -1.13. The molecule has 0 radical (unpaired) electrons. The van der Waals surface area contributed by atoms with Crippen molar-refractivity contribution in [1.82, 2.24) is 5.32 Å². The lowest BCUT2D eigenvalue weighted by atomic mass is 10.0. The van der Waals surface area contributed by atoms with Crippen molar-refractivity contribution in [3.63, 3.8) is 0 Å². The van der Waals surface area contributed by atoms with Gasteiger partial charge >= 0.3 is 0 Å². The van der Waals surface area contributed by atoms with E-state index in [2.05, 4.69) is 10.2 Å². The second-order valence-corrected chi connectivity index (χ2v) is 5.26. The fourth-order valence-corrected chi connectivity index (χ4v) is 2.57.